The van der Waals surface area contributed by atoms with Gasteiger partial charge in [-0.25, -0.2) is 4.79 Å². The Kier molecular flexibility index (Phi) is 6.82. The highest BCUT2D eigenvalue weighted by Crippen LogP contribution is 2.31. The first-order valence-corrected chi connectivity index (χ1v) is 7.67. The molecule has 1 aliphatic rings. The number of amides is 2. The fourth-order valence-corrected chi connectivity index (χ4v) is 2.76. The van der Waals surface area contributed by atoms with E-state index in [-0.39, 0.29) is 23.9 Å². The highest BCUT2D eigenvalue weighted by molar-refractivity contribution is 5.74. The first-order valence-electron chi connectivity index (χ1n) is 7.67. The molecule has 0 spiro atoms. The zero-order chi connectivity index (χ0) is 15.1. The van der Waals surface area contributed by atoms with Gasteiger partial charge in [0.1, 0.15) is 0 Å². The molecule has 2 amide bonds. The third-order valence-electron chi connectivity index (χ3n) is 4.06. The van der Waals surface area contributed by atoms with Crippen molar-refractivity contribution < 1.29 is 14.7 Å². The lowest BCUT2D eigenvalue weighted by Crippen LogP contribution is -2.43. The Labute approximate surface area is 121 Å². The predicted molar refractivity (Wildman–Crippen MR) is 78.5 cm³/mol. The van der Waals surface area contributed by atoms with Crippen LogP contribution in [0.15, 0.2) is 0 Å². The second-order valence-corrected chi connectivity index (χ2v) is 6.36. The molecular formula is C15H28N2O3. The van der Waals surface area contributed by atoms with E-state index in [0.717, 1.165) is 32.1 Å². The molecule has 0 bridgehead atoms. The maximum Gasteiger partial charge on any atom is 0.315 e. The Balaban J connectivity index is 2.24. The minimum absolute atomic E-state index is 0.0734. The standard InChI is InChI=1S/C15H28N2O3/c1-10(2)7-8-11(3)17-15(20)16-9-12-5-4-6-13(12)14(18)19/h10-13H,4-9H2,1-3H3,(H,18,19)(H2,16,17,20). The monoisotopic (exact) mass is 284 g/mol. The molecule has 1 fully saturated rings. The summed E-state index contributed by atoms with van der Waals surface area (Å²) in [6.45, 7) is 6.79. The van der Waals surface area contributed by atoms with Crippen molar-refractivity contribution in [3.8, 4) is 0 Å². The number of rotatable bonds is 7. The Morgan fingerprint density at radius 2 is 1.90 bits per heavy atom. The second-order valence-electron chi connectivity index (χ2n) is 6.36. The molecule has 1 saturated carbocycles. The Hall–Kier alpha value is -1.26. The number of carbonyl (C=O) groups excluding carboxylic acids is 1. The number of urea groups is 1. The summed E-state index contributed by atoms with van der Waals surface area (Å²) >= 11 is 0. The van der Waals surface area contributed by atoms with Gasteiger partial charge < -0.3 is 15.7 Å². The molecule has 1 aliphatic carbocycles. The largest absolute Gasteiger partial charge is 0.481 e. The lowest BCUT2D eigenvalue weighted by molar-refractivity contribution is -0.142. The van der Waals surface area contributed by atoms with E-state index < -0.39 is 5.97 Å². The van der Waals surface area contributed by atoms with Crippen LogP contribution in [0.1, 0.15) is 52.9 Å². The molecule has 5 nitrogen and oxygen atoms in total. The third-order valence-corrected chi connectivity index (χ3v) is 4.06. The molecule has 0 aromatic carbocycles. The van der Waals surface area contributed by atoms with Crippen LogP contribution < -0.4 is 10.6 Å². The maximum atomic E-state index is 11.8. The minimum atomic E-state index is -0.736. The molecule has 5 heteroatoms. The maximum absolute atomic E-state index is 11.8. The van der Waals surface area contributed by atoms with Crippen molar-refractivity contribution in [1.82, 2.24) is 10.6 Å². The molecule has 1 rings (SSSR count). The zero-order valence-corrected chi connectivity index (χ0v) is 12.8. The average Bonchev–Trinajstić information content (AvgIpc) is 2.82. The van der Waals surface area contributed by atoms with E-state index in [2.05, 4.69) is 24.5 Å². The van der Waals surface area contributed by atoms with Gasteiger partial charge >= 0.3 is 12.0 Å². The topological polar surface area (TPSA) is 78.4 Å². The lowest BCUT2D eigenvalue weighted by Gasteiger charge is -2.19. The van der Waals surface area contributed by atoms with Gasteiger partial charge in [-0.1, -0.05) is 20.3 Å². The minimum Gasteiger partial charge on any atom is -0.481 e. The van der Waals surface area contributed by atoms with E-state index in [0.29, 0.717) is 12.5 Å². The molecule has 0 heterocycles. The first kappa shape index (κ1) is 16.8. The van der Waals surface area contributed by atoms with Crippen molar-refractivity contribution in [2.24, 2.45) is 17.8 Å². The molecule has 3 N–H and O–H groups in total. The van der Waals surface area contributed by atoms with Crippen LogP contribution in [-0.4, -0.2) is 29.7 Å². The smallest absolute Gasteiger partial charge is 0.315 e. The summed E-state index contributed by atoms with van der Waals surface area (Å²) in [6, 6.07) is -0.0338. The Bertz CT molecular complexity index is 331. The summed E-state index contributed by atoms with van der Waals surface area (Å²) in [5.74, 6) is -0.324. The third kappa shape index (κ3) is 5.80. The van der Waals surface area contributed by atoms with Crippen LogP contribution in [0.5, 0.6) is 0 Å². The quantitative estimate of drug-likeness (QED) is 0.672. The zero-order valence-electron chi connectivity index (χ0n) is 12.8. The number of aliphatic carboxylic acids is 1. The molecule has 3 atom stereocenters. The van der Waals surface area contributed by atoms with Crippen molar-refractivity contribution in [3.63, 3.8) is 0 Å². The van der Waals surface area contributed by atoms with Crippen molar-refractivity contribution in [2.45, 2.75) is 58.9 Å². The number of nitrogens with one attached hydrogen (secondary N) is 2. The number of hydrogen-bond acceptors (Lipinski definition) is 2. The number of hydrogen-bond donors (Lipinski definition) is 3. The van der Waals surface area contributed by atoms with E-state index in [9.17, 15) is 9.59 Å². The molecule has 0 saturated heterocycles. The summed E-state index contributed by atoms with van der Waals surface area (Å²) in [4.78, 5) is 22.8. The predicted octanol–water partition coefficient (Wildman–Crippen LogP) is 2.61. The summed E-state index contributed by atoms with van der Waals surface area (Å²) in [6.07, 6.45) is 4.61. The summed E-state index contributed by atoms with van der Waals surface area (Å²) in [5, 5.41) is 14.8. The van der Waals surface area contributed by atoms with Gasteiger partial charge in [0.2, 0.25) is 0 Å². The van der Waals surface area contributed by atoms with Crippen molar-refractivity contribution in [2.75, 3.05) is 6.54 Å². The highest BCUT2D eigenvalue weighted by atomic mass is 16.4. The van der Waals surface area contributed by atoms with Crippen LogP contribution in [0, 0.1) is 17.8 Å². The van der Waals surface area contributed by atoms with Crippen molar-refractivity contribution >= 4 is 12.0 Å². The first-order chi connectivity index (χ1) is 9.40. The van der Waals surface area contributed by atoms with Crippen LogP contribution >= 0.6 is 0 Å². The van der Waals surface area contributed by atoms with E-state index in [1.54, 1.807) is 0 Å². The molecular weight excluding hydrogens is 256 g/mol. The lowest BCUT2D eigenvalue weighted by atomic mass is 9.96. The fourth-order valence-electron chi connectivity index (χ4n) is 2.76. The van der Waals surface area contributed by atoms with Crippen LogP contribution in [0.4, 0.5) is 4.79 Å². The normalized spacial score (nSPS) is 23.6. The Morgan fingerprint density at radius 3 is 2.50 bits per heavy atom. The van der Waals surface area contributed by atoms with Gasteiger partial charge in [-0.15, -0.1) is 0 Å². The van der Waals surface area contributed by atoms with Gasteiger partial charge in [-0.05, 0) is 44.4 Å². The number of carboxylic acid groups (broad SMARTS) is 1. The molecule has 0 aromatic heterocycles. The molecule has 3 unspecified atom stereocenters. The van der Waals surface area contributed by atoms with Crippen molar-refractivity contribution in [3.05, 3.63) is 0 Å². The van der Waals surface area contributed by atoms with Crippen molar-refractivity contribution in [1.29, 1.82) is 0 Å². The van der Waals surface area contributed by atoms with Crippen LogP contribution in [0.25, 0.3) is 0 Å². The van der Waals surface area contributed by atoms with E-state index in [1.165, 1.54) is 0 Å². The molecule has 0 radical (unpaired) electrons. The van der Waals surface area contributed by atoms with Crippen LogP contribution in [0.2, 0.25) is 0 Å². The molecule has 20 heavy (non-hydrogen) atoms. The van der Waals surface area contributed by atoms with E-state index in [1.807, 2.05) is 6.92 Å². The molecule has 0 aromatic rings. The van der Waals surface area contributed by atoms with E-state index >= 15 is 0 Å². The van der Waals surface area contributed by atoms with Crippen LogP contribution in [-0.2, 0) is 4.79 Å². The van der Waals surface area contributed by atoms with Gasteiger partial charge in [-0.3, -0.25) is 4.79 Å². The number of carbonyl (C=O) groups is 2. The van der Waals surface area contributed by atoms with Gasteiger partial charge in [0.15, 0.2) is 0 Å². The SMILES string of the molecule is CC(C)CCC(C)NC(=O)NCC1CCCC1C(=O)O. The van der Waals surface area contributed by atoms with Gasteiger partial charge in [0, 0.05) is 12.6 Å². The fraction of sp³-hybridized carbons (Fsp3) is 0.867. The van der Waals surface area contributed by atoms with Gasteiger partial charge in [0.05, 0.1) is 5.92 Å². The number of carboxylic acids is 1. The van der Waals surface area contributed by atoms with E-state index in [4.69, 9.17) is 5.11 Å². The molecule has 0 aliphatic heterocycles. The highest BCUT2D eigenvalue weighted by Gasteiger charge is 2.32. The molecule has 116 valence electrons. The second kappa shape index (κ2) is 8.12. The summed E-state index contributed by atoms with van der Waals surface area (Å²) < 4.78 is 0. The van der Waals surface area contributed by atoms with Crippen LogP contribution in [0.3, 0.4) is 0 Å². The average molecular weight is 284 g/mol. The van der Waals surface area contributed by atoms with Gasteiger partial charge in [-0.2, -0.15) is 0 Å². The van der Waals surface area contributed by atoms with Gasteiger partial charge in [0.25, 0.3) is 0 Å². The Morgan fingerprint density at radius 1 is 1.20 bits per heavy atom. The summed E-state index contributed by atoms with van der Waals surface area (Å²) in [5.41, 5.74) is 0. The summed E-state index contributed by atoms with van der Waals surface area (Å²) in [7, 11) is 0.